The van der Waals surface area contributed by atoms with Gasteiger partial charge in [0.1, 0.15) is 0 Å². The van der Waals surface area contributed by atoms with Crippen molar-refractivity contribution in [3.05, 3.63) is 17.5 Å². The Balaban J connectivity index is 1.84. The molecule has 0 aliphatic carbocycles. The average molecular weight is 223 g/mol. The SMILES string of the molecule is Cc1c(CNC(C)C2CCCO2)cnn1C. The van der Waals surface area contributed by atoms with E-state index < -0.39 is 0 Å². The van der Waals surface area contributed by atoms with Gasteiger partial charge in [-0.1, -0.05) is 0 Å². The second kappa shape index (κ2) is 4.97. The summed E-state index contributed by atoms with van der Waals surface area (Å²) in [6, 6.07) is 0.419. The Morgan fingerprint density at radius 2 is 2.50 bits per heavy atom. The van der Waals surface area contributed by atoms with Crippen LogP contribution in [-0.4, -0.2) is 28.5 Å². The lowest BCUT2D eigenvalue weighted by molar-refractivity contribution is 0.0832. The molecule has 0 aromatic carbocycles. The van der Waals surface area contributed by atoms with Gasteiger partial charge in [-0.25, -0.2) is 0 Å². The molecule has 4 nitrogen and oxygen atoms in total. The molecule has 1 aliphatic rings. The first-order valence-corrected chi connectivity index (χ1v) is 6.01. The molecule has 0 bridgehead atoms. The summed E-state index contributed by atoms with van der Waals surface area (Å²) in [5.41, 5.74) is 2.50. The summed E-state index contributed by atoms with van der Waals surface area (Å²) >= 11 is 0. The minimum Gasteiger partial charge on any atom is -0.377 e. The molecule has 2 rings (SSSR count). The number of nitrogens with zero attached hydrogens (tertiary/aromatic N) is 2. The van der Waals surface area contributed by atoms with Crippen molar-refractivity contribution in [1.82, 2.24) is 15.1 Å². The van der Waals surface area contributed by atoms with E-state index in [0.29, 0.717) is 12.1 Å². The van der Waals surface area contributed by atoms with Gasteiger partial charge in [-0.3, -0.25) is 4.68 Å². The summed E-state index contributed by atoms with van der Waals surface area (Å²) in [6.45, 7) is 6.09. The van der Waals surface area contributed by atoms with Crippen molar-refractivity contribution in [2.75, 3.05) is 6.61 Å². The maximum atomic E-state index is 5.66. The van der Waals surface area contributed by atoms with Gasteiger partial charge >= 0.3 is 0 Å². The summed E-state index contributed by atoms with van der Waals surface area (Å²) < 4.78 is 7.57. The highest BCUT2D eigenvalue weighted by Gasteiger charge is 2.21. The third kappa shape index (κ3) is 2.44. The predicted octanol–water partition coefficient (Wildman–Crippen LogP) is 1.39. The molecule has 90 valence electrons. The molecule has 0 radical (unpaired) electrons. The summed E-state index contributed by atoms with van der Waals surface area (Å²) in [5, 5.41) is 7.75. The number of ether oxygens (including phenoxy) is 1. The first kappa shape index (κ1) is 11.6. The van der Waals surface area contributed by atoms with Crippen molar-refractivity contribution in [3.63, 3.8) is 0 Å². The quantitative estimate of drug-likeness (QED) is 0.838. The minimum atomic E-state index is 0.386. The van der Waals surface area contributed by atoms with Gasteiger partial charge in [0, 0.05) is 37.5 Å². The Morgan fingerprint density at radius 1 is 1.69 bits per heavy atom. The first-order valence-electron chi connectivity index (χ1n) is 6.01. The van der Waals surface area contributed by atoms with Gasteiger partial charge < -0.3 is 10.1 Å². The van der Waals surface area contributed by atoms with Gasteiger partial charge in [-0.15, -0.1) is 0 Å². The van der Waals surface area contributed by atoms with Crippen molar-refractivity contribution >= 4 is 0 Å². The van der Waals surface area contributed by atoms with E-state index in [-0.39, 0.29) is 0 Å². The number of aromatic nitrogens is 2. The van der Waals surface area contributed by atoms with E-state index in [9.17, 15) is 0 Å². The van der Waals surface area contributed by atoms with Crippen LogP contribution in [-0.2, 0) is 18.3 Å². The molecule has 1 N–H and O–H groups in total. The van der Waals surface area contributed by atoms with Crippen LogP contribution in [0.2, 0.25) is 0 Å². The maximum Gasteiger partial charge on any atom is 0.0726 e. The van der Waals surface area contributed by atoms with E-state index in [4.69, 9.17) is 4.74 Å². The fraction of sp³-hybridized carbons (Fsp3) is 0.750. The van der Waals surface area contributed by atoms with E-state index in [0.717, 1.165) is 13.2 Å². The zero-order valence-corrected chi connectivity index (χ0v) is 10.4. The molecular weight excluding hydrogens is 202 g/mol. The maximum absolute atomic E-state index is 5.66. The van der Waals surface area contributed by atoms with Crippen LogP contribution in [0.1, 0.15) is 31.0 Å². The molecule has 4 heteroatoms. The Labute approximate surface area is 97.0 Å². The summed E-state index contributed by atoms with van der Waals surface area (Å²) in [5.74, 6) is 0. The highest BCUT2D eigenvalue weighted by atomic mass is 16.5. The molecule has 2 heterocycles. The van der Waals surface area contributed by atoms with Crippen LogP contribution < -0.4 is 5.32 Å². The predicted molar refractivity (Wildman–Crippen MR) is 63.2 cm³/mol. The van der Waals surface area contributed by atoms with Crippen LogP contribution in [0.4, 0.5) is 0 Å². The third-order valence-corrected chi connectivity index (χ3v) is 3.47. The molecule has 0 amide bonds. The molecule has 0 saturated carbocycles. The molecule has 2 unspecified atom stereocenters. The lowest BCUT2D eigenvalue weighted by Gasteiger charge is -2.19. The van der Waals surface area contributed by atoms with Gasteiger partial charge in [0.2, 0.25) is 0 Å². The van der Waals surface area contributed by atoms with E-state index in [2.05, 4.69) is 24.3 Å². The van der Waals surface area contributed by atoms with E-state index >= 15 is 0 Å². The lowest BCUT2D eigenvalue weighted by atomic mass is 10.1. The van der Waals surface area contributed by atoms with Crippen LogP contribution >= 0.6 is 0 Å². The molecule has 1 aromatic heterocycles. The molecule has 1 aromatic rings. The van der Waals surface area contributed by atoms with Crippen molar-refractivity contribution < 1.29 is 4.74 Å². The third-order valence-electron chi connectivity index (χ3n) is 3.47. The number of rotatable bonds is 4. The zero-order valence-electron chi connectivity index (χ0n) is 10.4. The molecule has 0 spiro atoms. The van der Waals surface area contributed by atoms with Crippen molar-refractivity contribution in [2.45, 2.75) is 45.4 Å². The topological polar surface area (TPSA) is 39.1 Å². The smallest absolute Gasteiger partial charge is 0.0726 e. The van der Waals surface area contributed by atoms with Gasteiger partial charge in [-0.2, -0.15) is 5.10 Å². The van der Waals surface area contributed by atoms with Gasteiger partial charge in [0.05, 0.1) is 12.3 Å². The van der Waals surface area contributed by atoms with E-state index in [1.54, 1.807) is 0 Å². The molecule has 1 saturated heterocycles. The fourth-order valence-corrected chi connectivity index (χ4v) is 2.12. The molecule has 16 heavy (non-hydrogen) atoms. The Morgan fingerprint density at radius 3 is 3.06 bits per heavy atom. The fourth-order valence-electron chi connectivity index (χ4n) is 2.12. The van der Waals surface area contributed by atoms with Crippen molar-refractivity contribution in [3.8, 4) is 0 Å². The van der Waals surface area contributed by atoms with Crippen molar-refractivity contribution in [1.29, 1.82) is 0 Å². The standard InChI is InChI=1S/C12H21N3O/c1-9(12-5-4-6-16-12)13-7-11-8-14-15(3)10(11)2/h8-9,12-13H,4-7H2,1-3H3. The number of nitrogens with one attached hydrogen (secondary N) is 1. The minimum absolute atomic E-state index is 0.386. The second-order valence-electron chi connectivity index (χ2n) is 4.60. The molecule has 1 fully saturated rings. The van der Waals surface area contributed by atoms with Gasteiger partial charge in [0.15, 0.2) is 0 Å². The monoisotopic (exact) mass is 223 g/mol. The van der Waals surface area contributed by atoms with Gasteiger partial charge in [0.25, 0.3) is 0 Å². The summed E-state index contributed by atoms with van der Waals surface area (Å²) in [7, 11) is 1.97. The van der Waals surface area contributed by atoms with Crippen LogP contribution in [0.15, 0.2) is 6.20 Å². The lowest BCUT2D eigenvalue weighted by Crippen LogP contribution is -2.36. The van der Waals surface area contributed by atoms with E-state index in [1.807, 2.05) is 17.9 Å². The molecule has 1 aliphatic heterocycles. The number of aryl methyl sites for hydroxylation is 1. The summed E-state index contributed by atoms with van der Waals surface area (Å²) in [6.07, 6.45) is 4.70. The van der Waals surface area contributed by atoms with Crippen LogP contribution in [0.5, 0.6) is 0 Å². The van der Waals surface area contributed by atoms with Crippen LogP contribution in [0, 0.1) is 6.92 Å². The van der Waals surface area contributed by atoms with Crippen LogP contribution in [0.3, 0.4) is 0 Å². The zero-order chi connectivity index (χ0) is 11.5. The number of hydrogen-bond acceptors (Lipinski definition) is 3. The Hall–Kier alpha value is -0.870. The highest BCUT2D eigenvalue weighted by Crippen LogP contribution is 2.16. The van der Waals surface area contributed by atoms with Gasteiger partial charge in [-0.05, 0) is 26.7 Å². The number of hydrogen-bond donors (Lipinski definition) is 1. The summed E-state index contributed by atoms with van der Waals surface area (Å²) in [4.78, 5) is 0. The van der Waals surface area contributed by atoms with E-state index in [1.165, 1.54) is 24.1 Å². The van der Waals surface area contributed by atoms with Crippen LogP contribution in [0.25, 0.3) is 0 Å². The highest BCUT2D eigenvalue weighted by molar-refractivity contribution is 5.15. The van der Waals surface area contributed by atoms with Crippen molar-refractivity contribution in [2.24, 2.45) is 7.05 Å². The first-order chi connectivity index (χ1) is 7.68. The normalized spacial score (nSPS) is 22.6. The Bertz CT molecular complexity index is 342. The second-order valence-corrected chi connectivity index (χ2v) is 4.60. The Kier molecular flexibility index (Phi) is 3.61. The molecular formula is C12H21N3O. The molecule has 2 atom stereocenters. The largest absolute Gasteiger partial charge is 0.377 e. The average Bonchev–Trinajstić information content (AvgIpc) is 2.89.